The van der Waals surface area contributed by atoms with Crippen molar-refractivity contribution in [1.82, 2.24) is 4.31 Å². The van der Waals surface area contributed by atoms with Crippen molar-refractivity contribution in [3.05, 3.63) is 34.4 Å². The number of hydrogen-bond acceptors (Lipinski definition) is 6. The van der Waals surface area contributed by atoms with Crippen LogP contribution in [-0.2, 0) is 19.6 Å². The molecule has 1 rings (SSSR count). The first-order valence-electron chi connectivity index (χ1n) is 6.14. The van der Waals surface area contributed by atoms with Crippen molar-refractivity contribution < 1.29 is 28.0 Å². The van der Waals surface area contributed by atoms with Gasteiger partial charge in [-0.1, -0.05) is 12.1 Å². The molecular formula is C12H16N2O7S. The molecule has 0 aliphatic heterocycles. The van der Waals surface area contributed by atoms with E-state index in [9.17, 15) is 23.3 Å². The lowest BCUT2D eigenvalue weighted by atomic mass is 10.2. The first kappa shape index (κ1) is 18.0. The third kappa shape index (κ3) is 4.23. The second kappa shape index (κ2) is 7.29. The summed E-state index contributed by atoms with van der Waals surface area (Å²) in [4.78, 5) is 20.4. The summed E-state index contributed by atoms with van der Waals surface area (Å²) in [6.45, 7) is -0.239. The normalized spacial score (nSPS) is 13.0. The minimum Gasteiger partial charge on any atom is -0.481 e. The predicted molar refractivity (Wildman–Crippen MR) is 76.0 cm³/mol. The Bertz CT molecular complexity index is 659. The minimum atomic E-state index is -4.14. The number of nitrogens with zero attached hydrogens (tertiary/aromatic N) is 2. The van der Waals surface area contributed by atoms with E-state index in [1.54, 1.807) is 0 Å². The Hall–Kier alpha value is -2.04. The van der Waals surface area contributed by atoms with E-state index in [0.717, 1.165) is 16.4 Å². The number of carbonyl (C=O) groups is 1. The summed E-state index contributed by atoms with van der Waals surface area (Å²) in [5, 5.41) is 19.7. The van der Waals surface area contributed by atoms with Crippen molar-refractivity contribution in [2.45, 2.75) is 17.4 Å². The molecule has 1 aromatic carbocycles. The maximum absolute atomic E-state index is 12.4. The highest BCUT2D eigenvalue weighted by atomic mass is 32.2. The molecule has 0 amide bonds. The van der Waals surface area contributed by atoms with Crippen molar-refractivity contribution in [2.24, 2.45) is 0 Å². The highest BCUT2D eigenvalue weighted by molar-refractivity contribution is 7.89. The number of aliphatic carboxylic acids is 1. The number of para-hydroxylation sites is 1. The Morgan fingerprint density at radius 3 is 2.55 bits per heavy atom. The van der Waals surface area contributed by atoms with Gasteiger partial charge in [-0.05, 0) is 6.07 Å². The minimum absolute atomic E-state index is 0.239. The van der Waals surface area contributed by atoms with Crippen LogP contribution in [0.3, 0.4) is 0 Å². The smallest absolute Gasteiger partial charge is 0.306 e. The molecule has 9 nitrogen and oxygen atoms in total. The number of benzene rings is 1. The molecule has 0 radical (unpaired) electrons. The van der Waals surface area contributed by atoms with Crippen LogP contribution in [0.2, 0.25) is 0 Å². The molecule has 0 aromatic heterocycles. The fraction of sp³-hybridized carbons (Fsp3) is 0.417. The Kier molecular flexibility index (Phi) is 5.97. The fourth-order valence-electron chi connectivity index (χ4n) is 1.80. The molecule has 1 atom stereocenters. The topological polar surface area (TPSA) is 127 Å². The molecule has 0 heterocycles. The first-order chi connectivity index (χ1) is 10.2. The molecule has 0 saturated carbocycles. The van der Waals surface area contributed by atoms with Crippen LogP contribution >= 0.6 is 0 Å². The lowest BCUT2D eigenvalue weighted by Crippen LogP contribution is -2.36. The SMILES string of the molecule is COC(CC(=O)O)CN(C)S(=O)(=O)c1ccccc1[N+](=O)[O-]. The molecule has 1 N–H and O–H groups in total. The predicted octanol–water partition coefficient (Wildman–Crippen LogP) is 0.705. The van der Waals surface area contributed by atoms with Gasteiger partial charge >= 0.3 is 5.97 Å². The summed E-state index contributed by atoms with van der Waals surface area (Å²) in [6, 6.07) is 4.95. The number of hydrogen-bond donors (Lipinski definition) is 1. The summed E-state index contributed by atoms with van der Waals surface area (Å²) >= 11 is 0. The van der Waals surface area contributed by atoms with E-state index in [-0.39, 0.29) is 13.0 Å². The van der Waals surface area contributed by atoms with E-state index in [0.29, 0.717) is 0 Å². The number of nitro benzene ring substituents is 1. The van der Waals surface area contributed by atoms with E-state index in [1.165, 1.54) is 26.3 Å². The van der Waals surface area contributed by atoms with Crippen molar-refractivity contribution in [3.8, 4) is 0 Å². The summed E-state index contributed by atoms with van der Waals surface area (Å²) in [6.07, 6.45) is -1.24. The third-order valence-electron chi connectivity index (χ3n) is 2.95. The number of nitro groups is 1. The van der Waals surface area contributed by atoms with Crippen molar-refractivity contribution in [2.75, 3.05) is 20.7 Å². The second-order valence-electron chi connectivity index (χ2n) is 4.47. The second-order valence-corrected chi connectivity index (χ2v) is 6.48. The van der Waals surface area contributed by atoms with Crippen LogP contribution in [0.25, 0.3) is 0 Å². The summed E-state index contributed by atoms with van der Waals surface area (Å²) in [5.74, 6) is -1.14. The first-order valence-corrected chi connectivity index (χ1v) is 7.58. The van der Waals surface area contributed by atoms with Crippen LogP contribution in [0.5, 0.6) is 0 Å². The largest absolute Gasteiger partial charge is 0.481 e. The average molecular weight is 332 g/mol. The van der Waals surface area contributed by atoms with Gasteiger partial charge in [0.25, 0.3) is 5.69 Å². The Morgan fingerprint density at radius 1 is 1.45 bits per heavy atom. The van der Waals surface area contributed by atoms with Crippen LogP contribution in [0.4, 0.5) is 5.69 Å². The molecule has 22 heavy (non-hydrogen) atoms. The highest BCUT2D eigenvalue weighted by Gasteiger charge is 2.30. The van der Waals surface area contributed by atoms with Gasteiger partial charge in [0.2, 0.25) is 10.0 Å². The lowest BCUT2D eigenvalue weighted by molar-refractivity contribution is -0.387. The van der Waals surface area contributed by atoms with Gasteiger partial charge in [-0.3, -0.25) is 14.9 Å². The molecule has 0 aliphatic carbocycles. The zero-order chi connectivity index (χ0) is 16.9. The van der Waals surface area contributed by atoms with E-state index in [4.69, 9.17) is 9.84 Å². The van der Waals surface area contributed by atoms with E-state index < -0.39 is 37.6 Å². The third-order valence-corrected chi connectivity index (χ3v) is 4.82. The molecule has 0 spiro atoms. The van der Waals surface area contributed by atoms with Crippen LogP contribution in [0.1, 0.15) is 6.42 Å². The standard InChI is InChI=1S/C12H16N2O7S/c1-13(8-9(21-2)7-12(15)16)22(19,20)11-6-4-3-5-10(11)14(17)18/h3-6,9H,7-8H2,1-2H3,(H,15,16). The van der Waals surface area contributed by atoms with Gasteiger partial charge in [-0.15, -0.1) is 0 Å². The van der Waals surface area contributed by atoms with Gasteiger partial charge in [0, 0.05) is 26.8 Å². The molecule has 122 valence electrons. The number of rotatable bonds is 8. The zero-order valence-electron chi connectivity index (χ0n) is 12.0. The Morgan fingerprint density at radius 2 is 2.05 bits per heavy atom. The number of ether oxygens (including phenoxy) is 1. The molecule has 1 aromatic rings. The maximum Gasteiger partial charge on any atom is 0.306 e. The molecule has 1 unspecified atom stereocenters. The zero-order valence-corrected chi connectivity index (χ0v) is 12.8. The Labute approximate surface area is 127 Å². The van der Waals surface area contributed by atoms with Gasteiger partial charge in [0.1, 0.15) is 0 Å². The molecular weight excluding hydrogens is 316 g/mol. The lowest BCUT2D eigenvalue weighted by Gasteiger charge is -2.21. The van der Waals surface area contributed by atoms with Crippen molar-refractivity contribution in [3.63, 3.8) is 0 Å². The van der Waals surface area contributed by atoms with Crippen LogP contribution in [0.15, 0.2) is 29.2 Å². The molecule has 0 aliphatic rings. The summed E-state index contributed by atoms with van der Waals surface area (Å²) < 4.78 is 30.6. The summed E-state index contributed by atoms with van der Waals surface area (Å²) in [7, 11) is -1.67. The quantitative estimate of drug-likeness (QED) is 0.548. The van der Waals surface area contributed by atoms with Crippen LogP contribution < -0.4 is 0 Å². The fourth-order valence-corrected chi connectivity index (χ4v) is 3.15. The maximum atomic E-state index is 12.4. The van der Waals surface area contributed by atoms with Crippen LogP contribution in [-0.4, -0.2) is 55.5 Å². The monoisotopic (exact) mass is 332 g/mol. The number of likely N-dealkylation sites (N-methyl/N-ethyl adjacent to an activating group) is 1. The average Bonchev–Trinajstić information content (AvgIpc) is 2.45. The van der Waals surface area contributed by atoms with Gasteiger partial charge in [-0.2, -0.15) is 4.31 Å². The number of sulfonamides is 1. The van der Waals surface area contributed by atoms with E-state index >= 15 is 0 Å². The molecule has 0 fully saturated rings. The van der Waals surface area contributed by atoms with Crippen LogP contribution in [0, 0.1) is 10.1 Å². The van der Waals surface area contributed by atoms with E-state index in [1.807, 2.05) is 0 Å². The number of carboxylic acids is 1. The summed E-state index contributed by atoms with van der Waals surface area (Å²) in [5.41, 5.74) is -0.540. The number of methoxy groups -OCH3 is 1. The van der Waals surface area contributed by atoms with Gasteiger partial charge in [-0.25, -0.2) is 8.42 Å². The van der Waals surface area contributed by atoms with E-state index in [2.05, 4.69) is 0 Å². The highest BCUT2D eigenvalue weighted by Crippen LogP contribution is 2.25. The van der Waals surface area contributed by atoms with Gasteiger partial charge in [0.15, 0.2) is 4.90 Å². The van der Waals surface area contributed by atoms with Gasteiger partial charge in [0.05, 0.1) is 17.4 Å². The van der Waals surface area contributed by atoms with Crippen molar-refractivity contribution >= 4 is 21.7 Å². The number of carboxylic acid groups (broad SMARTS) is 1. The van der Waals surface area contributed by atoms with Crippen molar-refractivity contribution in [1.29, 1.82) is 0 Å². The molecule has 10 heteroatoms. The molecule has 0 bridgehead atoms. The molecule has 0 saturated heterocycles. The van der Waals surface area contributed by atoms with Gasteiger partial charge < -0.3 is 9.84 Å². The Balaban J connectivity index is 3.08.